The van der Waals surface area contributed by atoms with E-state index >= 15 is 0 Å². The summed E-state index contributed by atoms with van der Waals surface area (Å²) in [5.74, 6) is -0.877. The first-order valence-corrected chi connectivity index (χ1v) is 12.9. The first-order chi connectivity index (χ1) is 17.8. The third-order valence-electron chi connectivity index (χ3n) is 5.91. The van der Waals surface area contributed by atoms with Gasteiger partial charge in [0.25, 0.3) is 0 Å². The normalized spacial score (nSPS) is 12.7. The van der Waals surface area contributed by atoms with Crippen molar-refractivity contribution < 1.29 is 19.1 Å². The van der Waals surface area contributed by atoms with Crippen LogP contribution in [0.15, 0.2) is 48.5 Å². The summed E-state index contributed by atoms with van der Waals surface area (Å²) in [5.41, 5.74) is 2.45. The van der Waals surface area contributed by atoms with Gasteiger partial charge in [-0.25, -0.2) is 4.79 Å². The zero-order valence-corrected chi connectivity index (χ0v) is 23.5. The Morgan fingerprint density at radius 1 is 1.00 bits per heavy atom. The Morgan fingerprint density at radius 2 is 1.61 bits per heavy atom. The van der Waals surface area contributed by atoms with Gasteiger partial charge in [0.1, 0.15) is 24.2 Å². The molecule has 2 aromatic rings. The van der Waals surface area contributed by atoms with Gasteiger partial charge in [-0.2, -0.15) is 5.26 Å². The minimum Gasteiger partial charge on any atom is -0.444 e. The fraction of sp³-hybridized carbons (Fsp3) is 0.467. The van der Waals surface area contributed by atoms with E-state index in [0.29, 0.717) is 12.0 Å². The van der Waals surface area contributed by atoms with Crippen LogP contribution < -0.4 is 10.6 Å². The fourth-order valence-corrected chi connectivity index (χ4v) is 4.28. The minimum absolute atomic E-state index is 0.0494. The molecule has 2 unspecified atom stereocenters. The largest absolute Gasteiger partial charge is 0.444 e. The molecule has 8 heteroatoms. The second-order valence-corrected chi connectivity index (χ2v) is 10.9. The molecule has 0 saturated heterocycles. The first kappa shape index (κ1) is 30.4. The highest BCUT2D eigenvalue weighted by molar-refractivity contribution is 5.92. The van der Waals surface area contributed by atoms with Gasteiger partial charge in [0.2, 0.25) is 11.8 Å². The molecule has 0 radical (unpaired) electrons. The molecule has 0 saturated carbocycles. The summed E-state index contributed by atoms with van der Waals surface area (Å²) in [7, 11) is 0. The second-order valence-electron chi connectivity index (χ2n) is 10.9. The van der Waals surface area contributed by atoms with E-state index < -0.39 is 35.6 Å². The Hall–Kier alpha value is -3.86. The molecule has 0 aromatic heterocycles. The van der Waals surface area contributed by atoms with Crippen LogP contribution >= 0.6 is 0 Å². The van der Waals surface area contributed by atoms with Gasteiger partial charge >= 0.3 is 6.09 Å². The minimum atomic E-state index is -1.07. The molecule has 0 aliphatic rings. The standard InChI is InChI=1S/C30H40N4O4/c1-20(2)18-24(33-29(37)38-30(5,6)7)28(36)34(17-16-31)26(25-21(3)12-11-13-22(25)4)27(35)32-19-23-14-9-8-10-15-23/h8-15,20,24,26H,17-19H2,1-7H3,(H,32,35)(H,33,37). The predicted octanol–water partition coefficient (Wildman–Crippen LogP) is 4.95. The maximum Gasteiger partial charge on any atom is 0.408 e. The van der Waals surface area contributed by atoms with Crippen molar-refractivity contribution >= 4 is 17.9 Å². The lowest BCUT2D eigenvalue weighted by Gasteiger charge is -2.34. The predicted molar refractivity (Wildman–Crippen MR) is 147 cm³/mol. The van der Waals surface area contributed by atoms with Crippen LogP contribution in [0.4, 0.5) is 4.79 Å². The van der Waals surface area contributed by atoms with Gasteiger partial charge < -0.3 is 20.3 Å². The molecule has 38 heavy (non-hydrogen) atoms. The molecule has 204 valence electrons. The van der Waals surface area contributed by atoms with E-state index in [-0.39, 0.29) is 19.0 Å². The van der Waals surface area contributed by atoms with E-state index in [2.05, 4.69) is 10.6 Å². The number of rotatable bonds is 10. The second kappa shape index (κ2) is 13.6. The summed E-state index contributed by atoms with van der Waals surface area (Å²) in [6.45, 7) is 12.8. The van der Waals surface area contributed by atoms with Crippen LogP contribution in [0.2, 0.25) is 0 Å². The summed E-state index contributed by atoms with van der Waals surface area (Å²) in [6.07, 6.45) is -0.420. The highest BCUT2D eigenvalue weighted by Crippen LogP contribution is 2.29. The third-order valence-corrected chi connectivity index (χ3v) is 5.91. The molecule has 0 fully saturated rings. The number of benzene rings is 2. The molecule has 2 N–H and O–H groups in total. The van der Waals surface area contributed by atoms with Crippen molar-refractivity contribution in [3.8, 4) is 6.07 Å². The number of nitrogens with one attached hydrogen (secondary N) is 2. The summed E-state index contributed by atoms with van der Waals surface area (Å²) in [6, 6.07) is 15.1. The monoisotopic (exact) mass is 520 g/mol. The maximum absolute atomic E-state index is 14.0. The average molecular weight is 521 g/mol. The zero-order valence-electron chi connectivity index (χ0n) is 23.5. The Kier molecular flexibility index (Phi) is 10.9. The SMILES string of the molecule is Cc1cccc(C)c1C(C(=O)NCc1ccccc1)N(CC#N)C(=O)C(CC(C)C)NC(=O)OC(C)(C)C. The van der Waals surface area contributed by atoms with E-state index in [1.54, 1.807) is 20.8 Å². The van der Waals surface area contributed by atoms with Crippen LogP contribution in [-0.4, -0.2) is 41.0 Å². The summed E-state index contributed by atoms with van der Waals surface area (Å²) in [4.78, 5) is 41.7. The van der Waals surface area contributed by atoms with Crippen LogP contribution in [0, 0.1) is 31.1 Å². The summed E-state index contributed by atoms with van der Waals surface area (Å²) >= 11 is 0. The lowest BCUT2D eigenvalue weighted by Crippen LogP contribution is -2.53. The lowest BCUT2D eigenvalue weighted by molar-refractivity contribution is -0.142. The molecule has 0 aliphatic carbocycles. The number of amides is 3. The Bertz CT molecular complexity index is 1130. The van der Waals surface area contributed by atoms with Crippen molar-refractivity contribution in [2.75, 3.05) is 6.54 Å². The van der Waals surface area contributed by atoms with Gasteiger partial charge in [-0.1, -0.05) is 62.4 Å². The van der Waals surface area contributed by atoms with Gasteiger partial charge in [0.05, 0.1) is 6.07 Å². The van der Waals surface area contributed by atoms with Crippen molar-refractivity contribution in [1.82, 2.24) is 15.5 Å². The highest BCUT2D eigenvalue weighted by Gasteiger charge is 2.37. The molecule has 8 nitrogen and oxygen atoms in total. The van der Waals surface area contributed by atoms with E-state index in [9.17, 15) is 19.6 Å². The Labute approximate surface area is 226 Å². The molecule has 2 aromatic carbocycles. The molecule has 0 bridgehead atoms. The van der Waals surface area contributed by atoms with Gasteiger partial charge in [0, 0.05) is 6.54 Å². The van der Waals surface area contributed by atoms with Crippen LogP contribution in [0.25, 0.3) is 0 Å². The number of ether oxygens (including phenoxy) is 1. The van der Waals surface area contributed by atoms with Crippen molar-refractivity contribution in [2.24, 2.45) is 5.92 Å². The van der Waals surface area contributed by atoms with Crippen molar-refractivity contribution in [1.29, 1.82) is 5.26 Å². The van der Waals surface area contributed by atoms with Crippen molar-refractivity contribution in [2.45, 2.75) is 79.1 Å². The molecule has 2 atom stereocenters. The number of nitrogens with zero attached hydrogens (tertiary/aromatic N) is 2. The maximum atomic E-state index is 14.0. The number of nitriles is 1. The molecule has 0 heterocycles. The van der Waals surface area contributed by atoms with Crippen molar-refractivity contribution in [3.63, 3.8) is 0 Å². The molecule has 0 aliphatic heterocycles. The highest BCUT2D eigenvalue weighted by atomic mass is 16.6. The topological polar surface area (TPSA) is 112 Å². The number of hydrogen-bond acceptors (Lipinski definition) is 5. The molecular weight excluding hydrogens is 480 g/mol. The summed E-state index contributed by atoms with van der Waals surface area (Å²) < 4.78 is 5.39. The third kappa shape index (κ3) is 8.91. The van der Waals surface area contributed by atoms with Crippen molar-refractivity contribution in [3.05, 3.63) is 70.8 Å². The molecule has 2 rings (SSSR count). The van der Waals surface area contributed by atoms with Crippen LogP contribution in [-0.2, 0) is 20.9 Å². The van der Waals surface area contributed by atoms with E-state index in [1.165, 1.54) is 4.90 Å². The van der Waals surface area contributed by atoms with Gasteiger partial charge in [-0.05, 0) is 69.2 Å². The van der Waals surface area contributed by atoms with Crippen LogP contribution in [0.3, 0.4) is 0 Å². The number of aryl methyl sites for hydroxylation is 2. The number of hydrogen-bond donors (Lipinski definition) is 2. The number of carbonyl (C=O) groups excluding carboxylic acids is 3. The van der Waals surface area contributed by atoms with Crippen LogP contribution in [0.5, 0.6) is 0 Å². The lowest BCUT2D eigenvalue weighted by atomic mass is 9.93. The zero-order chi connectivity index (χ0) is 28.5. The van der Waals surface area contributed by atoms with E-state index in [0.717, 1.165) is 16.7 Å². The smallest absolute Gasteiger partial charge is 0.408 e. The van der Waals surface area contributed by atoms with E-state index in [4.69, 9.17) is 4.74 Å². The molecular formula is C30H40N4O4. The number of carbonyl (C=O) groups is 3. The van der Waals surface area contributed by atoms with Gasteiger partial charge in [-0.3, -0.25) is 9.59 Å². The quantitative estimate of drug-likeness (QED) is 0.431. The Morgan fingerprint density at radius 3 is 2.13 bits per heavy atom. The number of alkyl carbamates (subject to hydrolysis) is 1. The Balaban J connectivity index is 2.51. The fourth-order valence-electron chi connectivity index (χ4n) is 4.28. The average Bonchev–Trinajstić information content (AvgIpc) is 2.82. The van der Waals surface area contributed by atoms with Gasteiger partial charge in [-0.15, -0.1) is 0 Å². The van der Waals surface area contributed by atoms with Gasteiger partial charge in [0.15, 0.2) is 0 Å². The first-order valence-electron chi connectivity index (χ1n) is 12.9. The molecule has 3 amide bonds. The van der Waals surface area contributed by atoms with E-state index in [1.807, 2.05) is 82.3 Å². The summed E-state index contributed by atoms with van der Waals surface area (Å²) in [5, 5.41) is 15.3. The molecule has 0 spiro atoms. The van der Waals surface area contributed by atoms with Crippen LogP contribution in [0.1, 0.15) is 69.3 Å².